The first-order chi connectivity index (χ1) is 8.19. The number of carboxylic acid groups (broad SMARTS) is 1. The zero-order valence-corrected chi connectivity index (χ0v) is 10.1. The van der Waals surface area contributed by atoms with E-state index in [2.05, 4.69) is 4.98 Å². The maximum atomic E-state index is 10.6. The zero-order valence-electron chi connectivity index (χ0n) is 10.1. The Hall–Kier alpha value is -1.82. The number of aromatic carboxylic acids is 1. The second-order valence-electron chi connectivity index (χ2n) is 2.61. The van der Waals surface area contributed by atoms with Crippen LogP contribution in [-0.4, -0.2) is 41.5 Å². The summed E-state index contributed by atoms with van der Waals surface area (Å²) < 4.78 is 9.93. The molecule has 6 heteroatoms. The van der Waals surface area contributed by atoms with Crippen LogP contribution in [0.3, 0.4) is 0 Å². The Morgan fingerprint density at radius 3 is 2.59 bits per heavy atom. The van der Waals surface area contributed by atoms with E-state index in [0.29, 0.717) is 0 Å². The fourth-order valence-electron chi connectivity index (χ4n) is 0.946. The number of nitrogens with zero attached hydrogens (tertiary/aromatic N) is 1. The molecule has 1 aromatic rings. The number of rotatable bonds is 5. The topological polar surface area (TPSA) is 88.9 Å². The number of ether oxygens (including phenoxy) is 2. The van der Waals surface area contributed by atoms with Gasteiger partial charge in [-0.05, 0) is 0 Å². The molecule has 0 atom stereocenters. The first-order valence-corrected chi connectivity index (χ1v) is 5.20. The minimum absolute atomic E-state index is 0.0169. The van der Waals surface area contributed by atoms with E-state index < -0.39 is 5.97 Å². The van der Waals surface area contributed by atoms with Gasteiger partial charge in [0.2, 0.25) is 0 Å². The minimum Gasteiger partial charge on any atom is -0.491 e. The van der Waals surface area contributed by atoms with E-state index in [1.54, 1.807) is 0 Å². The molecule has 1 heterocycles. The van der Waals surface area contributed by atoms with Gasteiger partial charge in [0.15, 0.2) is 5.75 Å². The van der Waals surface area contributed by atoms with Crippen molar-refractivity contribution in [3.8, 4) is 11.6 Å². The van der Waals surface area contributed by atoms with Crippen LogP contribution >= 0.6 is 0 Å². The maximum Gasteiger partial charge on any atom is 0.337 e. The summed E-state index contributed by atoms with van der Waals surface area (Å²) in [4.78, 5) is 14.4. The van der Waals surface area contributed by atoms with Crippen molar-refractivity contribution in [2.75, 3.05) is 20.3 Å². The molecule has 1 aromatic heterocycles. The van der Waals surface area contributed by atoms with E-state index in [0.717, 1.165) is 6.20 Å². The van der Waals surface area contributed by atoms with E-state index in [4.69, 9.17) is 19.7 Å². The number of aliphatic hydroxyl groups excluding tert-OH is 1. The lowest BCUT2D eigenvalue weighted by Gasteiger charge is -2.08. The van der Waals surface area contributed by atoms with Crippen LogP contribution in [0.4, 0.5) is 0 Å². The van der Waals surface area contributed by atoms with Gasteiger partial charge in [0, 0.05) is 12.3 Å². The van der Waals surface area contributed by atoms with Crippen molar-refractivity contribution in [3.05, 3.63) is 17.8 Å². The number of aromatic nitrogens is 1. The molecule has 0 amide bonds. The van der Waals surface area contributed by atoms with Crippen molar-refractivity contribution in [2.24, 2.45) is 0 Å². The van der Waals surface area contributed by atoms with Crippen LogP contribution in [0.25, 0.3) is 0 Å². The normalized spacial score (nSPS) is 8.94. The van der Waals surface area contributed by atoms with Gasteiger partial charge in [0.1, 0.15) is 6.61 Å². The quantitative estimate of drug-likeness (QED) is 0.807. The first-order valence-electron chi connectivity index (χ1n) is 5.20. The number of aliphatic hydroxyl groups is 1. The lowest BCUT2D eigenvalue weighted by atomic mass is 10.3. The van der Waals surface area contributed by atoms with Crippen LogP contribution in [0.1, 0.15) is 24.2 Å². The second kappa shape index (κ2) is 8.35. The lowest BCUT2D eigenvalue weighted by Crippen LogP contribution is -2.06. The molecule has 17 heavy (non-hydrogen) atoms. The van der Waals surface area contributed by atoms with Crippen molar-refractivity contribution in [1.82, 2.24) is 4.98 Å². The van der Waals surface area contributed by atoms with Crippen molar-refractivity contribution in [1.29, 1.82) is 0 Å². The average Bonchev–Trinajstić information content (AvgIpc) is 2.38. The summed E-state index contributed by atoms with van der Waals surface area (Å²) in [6, 6.07) is 1.31. The molecule has 0 spiro atoms. The number of pyridine rings is 1. The second-order valence-corrected chi connectivity index (χ2v) is 2.61. The molecule has 2 N–H and O–H groups in total. The minimum atomic E-state index is -1.09. The molecule has 0 fully saturated rings. The Bertz CT molecular complexity index is 354. The summed E-state index contributed by atoms with van der Waals surface area (Å²) in [5.41, 5.74) is 0.0169. The van der Waals surface area contributed by atoms with Gasteiger partial charge >= 0.3 is 5.97 Å². The molecule has 0 aliphatic carbocycles. The van der Waals surface area contributed by atoms with Crippen molar-refractivity contribution in [3.63, 3.8) is 0 Å². The van der Waals surface area contributed by atoms with Gasteiger partial charge in [0.05, 0.1) is 19.3 Å². The largest absolute Gasteiger partial charge is 0.491 e. The van der Waals surface area contributed by atoms with E-state index >= 15 is 0 Å². The first kappa shape index (κ1) is 15.2. The van der Waals surface area contributed by atoms with Crippen LogP contribution < -0.4 is 9.47 Å². The van der Waals surface area contributed by atoms with Crippen LogP contribution in [0.2, 0.25) is 0 Å². The molecule has 96 valence electrons. The van der Waals surface area contributed by atoms with Gasteiger partial charge in [-0.2, -0.15) is 0 Å². The Morgan fingerprint density at radius 2 is 2.12 bits per heavy atom. The third-order valence-electron chi connectivity index (χ3n) is 1.62. The Labute approximate surface area is 99.8 Å². The smallest absolute Gasteiger partial charge is 0.337 e. The summed E-state index contributed by atoms with van der Waals surface area (Å²) in [7, 11) is 1.38. The highest BCUT2D eigenvalue weighted by Gasteiger charge is 2.11. The monoisotopic (exact) mass is 243 g/mol. The number of hydrogen-bond donors (Lipinski definition) is 2. The van der Waals surface area contributed by atoms with E-state index in [9.17, 15) is 4.79 Å². The van der Waals surface area contributed by atoms with Crippen LogP contribution in [0, 0.1) is 0 Å². The number of hydrogen-bond acceptors (Lipinski definition) is 5. The summed E-state index contributed by atoms with van der Waals surface area (Å²) >= 11 is 0. The molecule has 0 radical (unpaired) electrons. The maximum absolute atomic E-state index is 10.6. The fourth-order valence-corrected chi connectivity index (χ4v) is 0.946. The number of methoxy groups -OCH3 is 1. The van der Waals surface area contributed by atoms with Gasteiger partial charge < -0.3 is 19.7 Å². The molecule has 0 bridgehead atoms. The zero-order chi connectivity index (χ0) is 13.3. The summed E-state index contributed by atoms with van der Waals surface area (Å²) in [6.07, 6.45) is 1.16. The van der Waals surface area contributed by atoms with Crippen molar-refractivity contribution < 1.29 is 24.5 Å². The van der Waals surface area contributed by atoms with Gasteiger partial charge in [-0.3, -0.25) is 0 Å². The van der Waals surface area contributed by atoms with Crippen LogP contribution in [-0.2, 0) is 0 Å². The highest BCUT2D eigenvalue weighted by Crippen LogP contribution is 2.24. The number of carboxylic acids is 1. The molecule has 0 aliphatic heterocycles. The summed E-state index contributed by atoms with van der Waals surface area (Å²) in [5, 5.41) is 17.2. The predicted octanol–water partition coefficient (Wildman–Crippen LogP) is 1.19. The van der Waals surface area contributed by atoms with Crippen LogP contribution in [0.5, 0.6) is 11.6 Å². The molecule has 0 unspecified atom stereocenters. The average molecular weight is 243 g/mol. The van der Waals surface area contributed by atoms with E-state index in [1.807, 2.05) is 13.8 Å². The van der Waals surface area contributed by atoms with Gasteiger partial charge in [0.25, 0.3) is 5.88 Å². The van der Waals surface area contributed by atoms with Crippen molar-refractivity contribution in [2.45, 2.75) is 13.8 Å². The molecular weight excluding hydrogens is 226 g/mol. The number of carbonyl (C=O) groups is 1. The molecule has 1 rings (SSSR count). The Kier molecular flexibility index (Phi) is 7.45. The molecule has 0 aliphatic rings. The highest BCUT2D eigenvalue weighted by atomic mass is 16.5. The van der Waals surface area contributed by atoms with Crippen molar-refractivity contribution >= 4 is 5.97 Å². The third kappa shape index (κ3) is 4.69. The summed E-state index contributed by atoms with van der Waals surface area (Å²) in [6.45, 7) is 3.93. The predicted molar refractivity (Wildman–Crippen MR) is 61.7 cm³/mol. The summed E-state index contributed by atoms with van der Waals surface area (Å²) in [5.74, 6) is -0.700. The highest BCUT2D eigenvalue weighted by molar-refractivity contribution is 5.87. The fraction of sp³-hybridized carbons (Fsp3) is 0.455. The molecule has 0 aromatic carbocycles. The third-order valence-corrected chi connectivity index (χ3v) is 1.62. The van der Waals surface area contributed by atoms with Crippen LogP contribution in [0.15, 0.2) is 12.3 Å². The molecule has 6 nitrogen and oxygen atoms in total. The van der Waals surface area contributed by atoms with Gasteiger partial charge in [-0.25, -0.2) is 9.78 Å². The molecule has 0 saturated heterocycles. The van der Waals surface area contributed by atoms with E-state index in [1.165, 1.54) is 13.2 Å². The molecule has 0 saturated carbocycles. The Morgan fingerprint density at radius 1 is 1.47 bits per heavy atom. The SMILES string of the molecule is CC.COc1cc(C(=O)O)cnc1OCCO. The van der Waals surface area contributed by atoms with Gasteiger partial charge in [-0.1, -0.05) is 13.8 Å². The molecular formula is C11H17NO5. The standard InChI is InChI=1S/C9H11NO5.C2H6/c1-14-7-4-6(9(12)13)5-10-8(7)15-3-2-11;1-2/h4-5,11H,2-3H2,1H3,(H,12,13);1-2H3. The Balaban J connectivity index is 0.00000121. The lowest BCUT2D eigenvalue weighted by molar-refractivity contribution is 0.0695. The van der Waals surface area contributed by atoms with E-state index in [-0.39, 0.29) is 30.4 Å². The van der Waals surface area contributed by atoms with Gasteiger partial charge in [-0.15, -0.1) is 0 Å².